The van der Waals surface area contributed by atoms with Crippen molar-refractivity contribution in [2.45, 2.75) is 40.0 Å². The van der Waals surface area contributed by atoms with Gasteiger partial charge in [-0.2, -0.15) is 0 Å². The van der Waals surface area contributed by atoms with E-state index in [0.717, 1.165) is 18.4 Å². The molecule has 0 spiro atoms. The Kier molecular flexibility index (Phi) is 7.66. The number of carbonyl (C=O) groups excluding carboxylic acids is 1. The first-order valence-corrected chi connectivity index (χ1v) is 8.02. The zero-order valence-corrected chi connectivity index (χ0v) is 14.7. The molecule has 0 radical (unpaired) electrons. The molecule has 128 valence electrons. The van der Waals surface area contributed by atoms with Crippen LogP contribution in [0.25, 0.3) is 0 Å². The molecular formula is C19H28O4. The molecular weight excluding hydrogens is 292 g/mol. The van der Waals surface area contributed by atoms with Crippen LogP contribution in [0.2, 0.25) is 0 Å². The molecule has 1 aromatic rings. The lowest BCUT2D eigenvalue weighted by atomic mass is 9.88. The van der Waals surface area contributed by atoms with E-state index in [9.17, 15) is 4.79 Å². The largest absolute Gasteiger partial charge is 0.493 e. The second-order valence-electron chi connectivity index (χ2n) is 6.03. The van der Waals surface area contributed by atoms with Crippen molar-refractivity contribution in [1.29, 1.82) is 0 Å². The van der Waals surface area contributed by atoms with Crippen LogP contribution < -0.4 is 9.47 Å². The third-order valence-corrected chi connectivity index (χ3v) is 3.64. The lowest BCUT2D eigenvalue weighted by Gasteiger charge is -2.22. The van der Waals surface area contributed by atoms with Gasteiger partial charge in [-0.05, 0) is 57.7 Å². The van der Waals surface area contributed by atoms with Gasteiger partial charge < -0.3 is 14.2 Å². The van der Waals surface area contributed by atoms with Gasteiger partial charge in [0.25, 0.3) is 0 Å². The molecule has 4 nitrogen and oxygen atoms in total. The van der Waals surface area contributed by atoms with Crippen LogP contribution in [0.5, 0.6) is 11.5 Å². The van der Waals surface area contributed by atoms with E-state index in [0.29, 0.717) is 31.1 Å². The molecule has 0 aliphatic rings. The fraction of sp³-hybridized carbons (Fsp3) is 0.526. The number of esters is 1. The van der Waals surface area contributed by atoms with Crippen molar-refractivity contribution >= 4 is 5.97 Å². The predicted octanol–water partition coefficient (Wildman–Crippen LogP) is 4.17. The zero-order chi connectivity index (χ0) is 17.3. The van der Waals surface area contributed by atoms with Crippen LogP contribution in [0.15, 0.2) is 30.9 Å². The number of benzene rings is 1. The molecule has 4 heteroatoms. The fourth-order valence-corrected chi connectivity index (χ4v) is 2.25. The molecule has 0 fully saturated rings. The van der Waals surface area contributed by atoms with Crippen LogP contribution >= 0.6 is 0 Å². The fourth-order valence-electron chi connectivity index (χ4n) is 2.25. The summed E-state index contributed by atoms with van der Waals surface area (Å²) in [5, 5.41) is 0. The molecule has 0 aliphatic carbocycles. The molecule has 0 amide bonds. The molecule has 0 aliphatic heterocycles. The van der Waals surface area contributed by atoms with Crippen molar-refractivity contribution in [2.75, 3.05) is 20.3 Å². The van der Waals surface area contributed by atoms with E-state index < -0.39 is 5.41 Å². The van der Waals surface area contributed by atoms with Crippen LogP contribution in [0.1, 0.15) is 39.2 Å². The maximum Gasteiger partial charge on any atom is 0.311 e. The van der Waals surface area contributed by atoms with Gasteiger partial charge >= 0.3 is 5.97 Å². The Morgan fingerprint density at radius 2 is 2.04 bits per heavy atom. The zero-order valence-electron chi connectivity index (χ0n) is 14.7. The maximum absolute atomic E-state index is 11.8. The number of methoxy groups -OCH3 is 1. The van der Waals surface area contributed by atoms with Gasteiger partial charge in [0.2, 0.25) is 0 Å². The lowest BCUT2D eigenvalue weighted by molar-refractivity contribution is -0.153. The monoisotopic (exact) mass is 320 g/mol. The van der Waals surface area contributed by atoms with Crippen molar-refractivity contribution in [3.8, 4) is 11.5 Å². The summed E-state index contributed by atoms with van der Waals surface area (Å²) >= 11 is 0. The molecule has 0 bridgehead atoms. The van der Waals surface area contributed by atoms with Gasteiger partial charge in [0.15, 0.2) is 11.5 Å². The number of hydrogen-bond acceptors (Lipinski definition) is 4. The van der Waals surface area contributed by atoms with Crippen LogP contribution in [-0.2, 0) is 16.0 Å². The molecule has 0 saturated heterocycles. The third-order valence-electron chi connectivity index (χ3n) is 3.64. The molecule has 1 rings (SSSR count). The quantitative estimate of drug-likeness (QED) is 0.369. The van der Waals surface area contributed by atoms with Crippen molar-refractivity contribution in [3.05, 3.63) is 36.4 Å². The third kappa shape index (κ3) is 5.97. The average Bonchev–Trinajstić information content (AvgIpc) is 2.53. The van der Waals surface area contributed by atoms with E-state index in [-0.39, 0.29) is 5.97 Å². The second kappa shape index (κ2) is 9.23. The average molecular weight is 320 g/mol. The summed E-state index contributed by atoms with van der Waals surface area (Å²) < 4.78 is 16.2. The van der Waals surface area contributed by atoms with Crippen LogP contribution in [-0.4, -0.2) is 26.3 Å². The van der Waals surface area contributed by atoms with Crippen molar-refractivity contribution in [2.24, 2.45) is 5.41 Å². The van der Waals surface area contributed by atoms with Gasteiger partial charge in [0.05, 0.1) is 25.7 Å². The van der Waals surface area contributed by atoms with E-state index in [2.05, 4.69) is 6.58 Å². The van der Waals surface area contributed by atoms with E-state index in [1.165, 1.54) is 0 Å². The number of hydrogen-bond donors (Lipinski definition) is 0. The highest BCUT2D eigenvalue weighted by molar-refractivity contribution is 5.75. The highest BCUT2D eigenvalue weighted by Crippen LogP contribution is 2.29. The maximum atomic E-state index is 11.8. The molecule has 0 heterocycles. The Balaban J connectivity index is 2.52. The number of rotatable bonds is 10. The second-order valence-corrected chi connectivity index (χ2v) is 6.03. The minimum Gasteiger partial charge on any atom is -0.493 e. The number of carbonyl (C=O) groups is 1. The molecule has 0 atom stereocenters. The summed E-state index contributed by atoms with van der Waals surface area (Å²) in [5.74, 6) is 1.27. The first-order chi connectivity index (χ1) is 10.9. The topological polar surface area (TPSA) is 44.8 Å². The van der Waals surface area contributed by atoms with Crippen LogP contribution in [0, 0.1) is 5.41 Å². The predicted molar refractivity (Wildman–Crippen MR) is 92.0 cm³/mol. The first kappa shape index (κ1) is 19.1. The Morgan fingerprint density at radius 1 is 1.30 bits per heavy atom. The van der Waals surface area contributed by atoms with Gasteiger partial charge in [-0.1, -0.05) is 12.1 Å². The molecule has 1 aromatic carbocycles. The lowest BCUT2D eigenvalue weighted by Crippen LogP contribution is -2.27. The number of allylic oxidation sites excluding steroid dienone is 1. The SMILES string of the molecule is C=CCc1ccc(OCCCC(C)(C)C(=O)OCC)c(OC)c1. The summed E-state index contributed by atoms with van der Waals surface area (Å²) in [6.07, 6.45) is 4.13. The summed E-state index contributed by atoms with van der Waals surface area (Å²) in [6.45, 7) is 10.3. The summed E-state index contributed by atoms with van der Waals surface area (Å²) in [5.41, 5.74) is 0.643. The molecule has 0 unspecified atom stereocenters. The summed E-state index contributed by atoms with van der Waals surface area (Å²) in [7, 11) is 1.63. The molecule has 0 N–H and O–H groups in total. The van der Waals surface area contributed by atoms with Gasteiger partial charge in [0.1, 0.15) is 0 Å². The van der Waals surface area contributed by atoms with E-state index in [1.807, 2.05) is 45.0 Å². The van der Waals surface area contributed by atoms with E-state index in [1.54, 1.807) is 7.11 Å². The molecule has 0 saturated carbocycles. The summed E-state index contributed by atoms with van der Waals surface area (Å²) in [4.78, 5) is 11.8. The van der Waals surface area contributed by atoms with Crippen molar-refractivity contribution in [1.82, 2.24) is 0 Å². The molecule has 0 aromatic heterocycles. The van der Waals surface area contributed by atoms with Gasteiger partial charge in [0, 0.05) is 0 Å². The van der Waals surface area contributed by atoms with Crippen LogP contribution in [0.4, 0.5) is 0 Å². The minimum absolute atomic E-state index is 0.161. The Morgan fingerprint density at radius 3 is 2.65 bits per heavy atom. The van der Waals surface area contributed by atoms with E-state index >= 15 is 0 Å². The Hall–Kier alpha value is -1.97. The Bertz CT molecular complexity index is 520. The minimum atomic E-state index is -0.489. The highest BCUT2D eigenvalue weighted by Gasteiger charge is 2.28. The van der Waals surface area contributed by atoms with Crippen molar-refractivity contribution in [3.63, 3.8) is 0 Å². The normalized spacial score (nSPS) is 11.0. The first-order valence-electron chi connectivity index (χ1n) is 8.02. The van der Waals surface area contributed by atoms with Crippen LogP contribution in [0.3, 0.4) is 0 Å². The van der Waals surface area contributed by atoms with Gasteiger partial charge in [-0.15, -0.1) is 6.58 Å². The Labute approximate surface area is 139 Å². The standard InChI is InChI=1S/C19H28O4/c1-6-9-15-10-11-16(17(14-15)21-5)23-13-8-12-19(3,4)18(20)22-7-2/h6,10-11,14H,1,7-9,12-13H2,2-5H3. The van der Waals surface area contributed by atoms with Gasteiger partial charge in [-0.25, -0.2) is 0 Å². The van der Waals surface area contributed by atoms with E-state index in [4.69, 9.17) is 14.2 Å². The smallest absolute Gasteiger partial charge is 0.311 e. The van der Waals surface area contributed by atoms with Gasteiger partial charge in [-0.3, -0.25) is 4.79 Å². The van der Waals surface area contributed by atoms with Crippen molar-refractivity contribution < 1.29 is 19.0 Å². The summed E-state index contributed by atoms with van der Waals surface area (Å²) in [6, 6.07) is 5.87. The highest BCUT2D eigenvalue weighted by atomic mass is 16.5. The number of ether oxygens (including phenoxy) is 3. The molecule has 23 heavy (non-hydrogen) atoms.